The first-order valence-electron chi connectivity index (χ1n) is 7.75. The van der Waals surface area contributed by atoms with Crippen molar-refractivity contribution in [3.05, 3.63) is 35.9 Å². The predicted molar refractivity (Wildman–Crippen MR) is 85.8 cm³/mol. The molecule has 0 saturated carbocycles. The number of hydrogen-bond acceptors (Lipinski definition) is 4. The van der Waals surface area contributed by atoms with Crippen molar-refractivity contribution in [2.24, 2.45) is 5.41 Å². The topological polar surface area (TPSA) is 44.8 Å². The summed E-state index contributed by atoms with van der Waals surface area (Å²) in [6.07, 6.45) is 5.59. The number of carbonyl (C=O) groups is 1. The van der Waals surface area contributed by atoms with Crippen molar-refractivity contribution in [2.45, 2.75) is 26.7 Å². The van der Waals surface area contributed by atoms with E-state index in [9.17, 15) is 4.79 Å². The highest BCUT2D eigenvalue weighted by atomic mass is 16.7. The van der Waals surface area contributed by atoms with Crippen LogP contribution in [0.15, 0.2) is 30.3 Å². The van der Waals surface area contributed by atoms with Gasteiger partial charge in [-0.1, -0.05) is 31.6 Å². The third kappa shape index (κ3) is 4.68. The molecule has 0 radical (unpaired) electrons. The molecule has 0 spiro atoms. The van der Waals surface area contributed by atoms with Crippen LogP contribution in [0.4, 0.5) is 0 Å². The van der Waals surface area contributed by atoms with Gasteiger partial charge >= 0.3 is 0 Å². The molecule has 0 unspecified atom stereocenters. The first-order valence-corrected chi connectivity index (χ1v) is 7.75. The molecule has 2 rings (SSSR count). The van der Waals surface area contributed by atoms with Crippen LogP contribution < -0.4 is 4.74 Å². The Hall–Kier alpha value is -1.65. The van der Waals surface area contributed by atoms with Crippen LogP contribution in [0.3, 0.4) is 0 Å². The summed E-state index contributed by atoms with van der Waals surface area (Å²) >= 11 is 0. The van der Waals surface area contributed by atoms with E-state index in [1.165, 1.54) is 0 Å². The summed E-state index contributed by atoms with van der Waals surface area (Å²) in [6, 6.07) is 7.74. The van der Waals surface area contributed by atoms with Crippen LogP contribution in [0, 0.1) is 5.41 Å². The number of rotatable bonds is 7. The SMILES string of the molecule is CCCCOc1ccc(/C=C\C(=O)C2(C)COCOC2)cc1. The first kappa shape index (κ1) is 16.7. The highest BCUT2D eigenvalue weighted by Crippen LogP contribution is 2.23. The summed E-state index contributed by atoms with van der Waals surface area (Å²) in [5.41, 5.74) is 0.384. The molecule has 0 atom stereocenters. The Kier molecular flexibility index (Phi) is 6.16. The number of carbonyl (C=O) groups excluding carboxylic acids is 1. The molecular weight excluding hydrogens is 280 g/mol. The molecule has 1 saturated heterocycles. The van der Waals surface area contributed by atoms with E-state index in [2.05, 4.69) is 6.92 Å². The van der Waals surface area contributed by atoms with Gasteiger partial charge in [-0.15, -0.1) is 0 Å². The van der Waals surface area contributed by atoms with Gasteiger partial charge in [0.2, 0.25) is 0 Å². The zero-order valence-corrected chi connectivity index (χ0v) is 13.3. The fourth-order valence-electron chi connectivity index (χ4n) is 2.16. The predicted octanol–water partition coefficient (Wildman–Crippen LogP) is 3.46. The largest absolute Gasteiger partial charge is 0.494 e. The normalized spacial score (nSPS) is 17.5. The minimum atomic E-state index is -0.585. The standard InChI is InChI=1S/C18H24O4/c1-3-4-11-22-16-8-5-15(6-9-16)7-10-17(19)18(2)12-20-14-21-13-18/h5-10H,3-4,11-14H2,1-2H3/b10-7-. The summed E-state index contributed by atoms with van der Waals surface area (Å²) in [7, 11) is 0. The lowest BCUT2D eigenvalue weighted by molar-refractivity contribution is -0.168. The minimum absolute atomic E-state index is 0.0236. The van der Waals surface area contributed by atoms with Crippen LogP contribution in [0.2, 0.25) is 0 Å². The zero-order valence-electron chi connectivity index (χ0n) is 13.3. The molecule has 120 valence electrons. The summed E-state index contributed by atoms with van der Waals surface area (Å²) in [5, 5.41) is 0. The van der Waals surface area contributed by atoms with E-state index in [1.54, 1.807) is 6.08 Å². The smallest absolute Gasteiger partial charge is 0.166 e. The first-order chi connectivity index (χ1) is 10.6. The average Bonchev–Trinajstić information content (AvgIpc) is 2.55. The Morgan fingerprint density at radius 1 is 1.27 bits per heavy atom. The molecule has 1 aromatic carbocycles. The van der Waals surface area contributed by atoms with Crippen LogP contribution in [-0.4, -0.2) is 32.4 Å². The van der Waals surface area contributed by atoms with Gasteiger partial charge in [0, 0.05) is 0 Å². The quantitative estimate of drug-likeness (QED) is 0.571. The van der Waals surface area contributed by atoms with Gasteiger partial charge in [0.25, 0.3) is 0 Å². The summed E-state index contributed by atoms with van der Waals surface area (Å²) < 4.78 is 16.1. The molecule has 4 heteroatoms. The van der Waals surface area contributed by atoms with Crippen LogP contribution in [-0.2, 0) is 14.3 Å². The Labute approximate surface area is 132 Å². The van der Waals surface area contributed by atoms with E-state index in [-0.39, 0.29) is 12.6 Å². The van der Waals surface area contributed by atoms with Crippen molar-refractivity contribution in [1.29, 1.82) is 0 Å². The van der Waals surface area contributed by atoms with Gasteiger partial charge in [-0.05, 0) is 37.1 Å². The number of ketones is 1. The molecule has 0 aromatic heterocycles. The number of unbranched alkanes of at least 4 members (excludes halogenated alkanes) is 1. The summed E-state index contributed by atoms with van der Waals surface area (Å²) in [4.78, 5) is 12.3. The third-order valence-electron chi connectivity index (χ3n) is 3.68. The molecule has 4 nitrogen and oxygen atoms in total. The zero-order chi connectivity index (χ0) is 15.8. The Bertz CT molecular complexity index is 498. The van der Waals surface area contributed by atoms with Crippen LogP contribution in [0.5, 0.6) is 5.75 Å². The summed E-state index contributed by atoms with van der Waals surface area (Å²) in [6.45, 7) is 5.82. The lowest BCUT2D eigenvalue weighted by Gasteiger charge is -2.30. The highest BCUT2D eigenvalue weighted by molar-refractivity contribution is 5.98. The Balaban J connectivity index is 1.90. The number of hydrogen-bond donors (Lipinski definition) is 0. The van der Waals surface area contributed by atoms with Crippen molar-refractivity contribution in [2.75, 3.05) is 26.6 Å². The van der Waals surface area contributed by atoms with E-state index >= 15 is 0 Å². The van der Waals surface area contributed by atoms with Crippen LogP contribution in [0.25, 0.3) is 6.08 Å². The van der Waals surface area contributed by atoms with Gasteiger partial charge in [-0.3, -0.25) is 4.79 Å². The van der Waals surface area contributed by atoms with E-state index in [0.717, 1.165) is 30.8 Å². The van der Waals surface area contributed by atoms with Gasteiger partial charge < -0.3 is 14.2 Å². The third-order valence-corrected chi connectivity index (χ3v) is 3.68. The maximum atomic E-state index is 12.3. The lowest BCUT2D eigenvalue weighted by atomic mass is 9.86. The van der Waals surface area contributed by atoms with E-state index in [0.29, 0.717) is 13.2 Å². The average molecular weight is 304 g/mol. The fourth-order valence-corrected chi connectivity index (χ4v) is 2.16. The molecule has 1 aliphatic heterocycles. The maximum Gasteiger partial charge on any atom is 0.166 e. The van der Waals surface area contributed by atoms with Gasteiger partial charge in [0.15, 0.2) is 5.78 Å². The molecule has 0 amide bonds. The van der Waals surface area contributed by atoms with Crippen molar-refractivity contribution in [3.63, 3.8) is 0 Å². The lowest BCUT2D eigenvalue weighted by Crippen LogP contribution is -2.40. The molecule has 1 heterocycles. The maximum absolute atomic E-state index is 12.3. The highest BCUT2D eigenvalue weighted by Gasteiger charge is 2.34. The molecule has 1 aromatic rings. The molecule has 1 fully saturated rings. The van der Waals surface area contributed by atoms with E-state index in [4.69, 9.17) is 14.2 Å². The van der Waals surface area contributed by atoms with Gasteiger partial charge in [0.05, 0.1) is 25.2 Å². The van der Waals surface area contributed by atoms with Crippen LogP contribution >= 0.6 is 0 Å². The van der Waals surface area contributed by atoms with Gasteiger partial charge in [-0.2, -0.15) is 0 Å². The minimum Gasteiger partial charge on any atom is -0.494 e. The molecule has 0 aliphatic carbocycles. The summed E-state index contributed by atoms with van der Waals surface area (Å²) in [5.74, 6) is 0.883. The van der Waals surface area contributed by atoms with Crippen molar-refractivity contribution in [1.82, 2.24) is 0 Å². The molecule has 1 aliphatic rings. The Morgan fingerprint density at radius 2 is 1.95 bits per heavy atom. The second-order valence-electron chi connectivity index (χ2n) is 5.84. The molecule has 0 bridgehead atoms. The van der Waals surface area contributed by atoms with Gasteiger partial charge in [0.1, 0.15) is 12.5 Å². The van der Waals surface area contributed by atoms with Crippen molar-refractivity contribution < 1.29 is 19.0 Å². The molecule has 0 N–H and O–H groups in total. The number of allylic oxidation sites excluding steroid dienone is 1. The van der Waals surface area contributed by atoms with E-state index < -0.39 is 5.41 Å². The van der Waals surface area contributed by atoms with Crippen LogP contribution in [0.1, 0.15) is 32.3 Å². The molecule has 22 heavy (non-hydrogen) atoms. The monoisotopic (exact) mass is 304 g/mol. The second-order valence-corrected chi connectivity index (χ2v) is 5.84. The van der Waals surface area contributed by atoms with Gasteiger partial charge in [-0.25, -0.2) is 0 Å². The number of benzene rings is 1. The van der Waals surface area contributed by atoms with Crippen molar-refractivity contribution in [3.8, 4) is 5.75 Å². The van der Waals surface area contributed by atoms with Crippen molar-refractivity contribution >= 4 is 11.9 Å². The fraction of sp³-hybridized carbons (Fsp3) is 0.500. The Morgan fingerprint density at radius 3 is 2.59 bits per heavy atom. The number of ether oxygens (including phenoxy) is 3. The van der Waals surface area contributed by atoms with E-state index in [1.807, 2.05) is 37.3 Å². The molecular formula is C18H24O4. The second kappa shape index (κ2) is 8.11.